The highest BCUT2D eigenvalue weighted by Crippen LogP contribution is 2.42. The molecule has 5 aliphatic rings. The molecule has 4 bridgehead atoms. The number of ether oxygens (including phenoxy) is 7. The monoisotopic (exact) mass is 468 g/mol. The molecule has 0 aromatic rings. The van der Waals surface area contributed by atoms with E-state index in [-0.39, 0.29) is 19.8 Å². The summed E-state index contributed by atoms with van der Waals surface area (Å²) in [5.74, 6) is -1.84. The summed E-state index contributed by atoms with van der Waals surface area (Å²) in [6.07, 6.45) is -15.7. The summed E-state index contributed by atoms with van der Waals surface area (Å²) in [7, 11) is 0. The molecule has 0 amide bonds. The summed E-state index contributed by atoms with van der Waals surface area (Å²) in [6, 6.07) is 0. The molecule has 5 saturated heterocycles. The average Bonchev–Trinajstić information content (AvgIpc) is 3.37. The first-order valence-corrected chi connectivity index (χ1v) is 10.5. The fourth-order valence-electron chi connectivity index (χ4n) is 4.78. The molecule has 0 spiro atoms. The van der Waals surface area contributed by atoms with Gasteiger partial charge in [-0.2, -0.15) is 0 Å². The molecule has 32 heavy (non-hydrogen) atoms. The number of hydrogen-bond donors (Lipinski definition) is 7. The highest BCUT2D eigenvalue weighted by molar-refractivity contribution is 5.03. The topological polar surface area (TPSA) is 206 Å². The second-order valence-corrected chi connectivity index (χ2v) is 8.66. The van der Waals surface area contributed by atoms with Gasteiger partial charge in [-0.25, -0.2) is 0 Å². The second-order valence-electron chi connectivity index (χ2n) is 8.66. The van der Waals surface area contributed by atoms with Crippen molar-refractivity contribution in [3.63, 3.8) is 0 Å². The fraction of sp³-hybridized carbons (Fsp3) is 1.00. The van der Waals surface area contributed by atoms with Crippen molar-refractivity contribution in [2.45, 2.75) is 85.5 Å². The molecule has 5 heterocycles. The molecule has 0 aromatic carbocycles. The molecule has 14 heteroatoms. The molecule has 5 aliphatic heterocycles. The maximum absolute atomic E-state index is 10.3. The summed E-state index contributed by atoms with van der Waals surface area (Å²) in [5, 5.41) is 71.1. The maximum Gasteiger partial charge on any atom is 0.224 e. The summed E-state index contributed by atoms with van der Waals surface area (Å²) in [4.78, 5) is 0. The zero-order chi connectivity index (χ0) is 22.8. The van der Waals surface area contributed by atoms with Crippen LogP contribution < -0.4 is 0 Å². The van der Waals surface area contributed by atoms with Crippen LogP contribution in [-0.2, 0) is 33.2 Å². The van der Waals surface area contributed by atoms with E-state index in [1.54, 1.807) is 0 Å². The van der Waals surface area contributed by atoms with E-state index >= 15 is 0 Å². The number of hydrogen-bond acceptors (Lipinski definition) is 14. The van der Waals surface area contributed by atoms with E-state index in [0.717, 1.165) is 0 Å². The Morgan fingerprint density at radius 2 is 1.50 bits per heavy atom. The van der Waals surface area contributed by atoms with Gasteiger partial charge in [-0.1, -0.05) is 0 Å². The van der Waals surface area contributed by atoms with Gasteiger partial charge in [-0.15, -0.1) is 0 Å². The Balaban J connectivity index is 1.24. The Kier molecular flexibility index (Phi) is 6.22. The zero-order valence-corrected chi connectivity index (χ0v) is 16.8. The van der Waals surface area contributed by atoms with Crippen molar-refractivity contribution in [1.29, 1.82) is 0 Å². The molecular weight excluding hydrogens is 440 g/mol. The first kappa shape index (κ1) is 23.2. The summed E-state index contributed by atoms with van der Waals surface area (Å²) in [6.45, 7) is -0.927. The lowest BCUT2D eigenvalue weighted by atomic mass is 9.98. The highest BCUT2D eigenvalue weighted by Gasteiger charge is 2.63. The predicted molar refractivity (Wildman–Crippen MR) is 94.6 cm³/mol. The van der Waals surface area contributed by atoms with Gasteiger partial charge >= 0.3 is 0 Å². The van der Waals surface area contributed by atoms with Crippen LogP contribution in [-0.4, -0.2) is 148 Å². The van der Waals surface area contributed by atoms with Gasteiger partial charge in [-0.3, -0.25) is 0 Å². The van der Waals surface area contributed by atoms with Crippen LogP contribution in [0.15, 0.2) is 0 Å². The first-order chi connectivity index (χ1) is 15.3. The lowest BCUT2D eigenvalue weighted by molar-refractivity contribution is -0.398. The van der Waals surface area contributed by atoms with Gasteiger partial charge in [0.05, 0.1) is 19.8 Å². The van der Waals surface area contributed by atoms with Crippen LogP contribution in [0.25, 0.3) is 0 Å². The van der Waals surface area contributed by atoms with E-state index in [2.05, 4.69) is 0 Å². The minimum absolute atomic E-state index is 0.0887. The normalized spacial score (nSPS) is 57.3. The van der Waals surface area contributed by atoms with Crippen molar-refractivity contribution >= 4 is 0 Å². The lowest BCUT2D eigenvalue weighted by Crippen LogP contribution is -2.63. The first-order valence-electron chi connectivity index (χ1n) is 10.5. The van der Waals surface area contributed by atoms with Crippen LogP contribution in [0.2, 0.25) is 0 Å². The van der Waals surface area contributed by atoms with Crippen molar-refractivity contribution in [1.82, 2.24) is 0 Å². The smallest absolute Gasteiger partial charge is 0.224 e. The Morgan fingerprint density at radius 1 is 0.750 bits per heavy atom. The van der Waals surface area contributed by atoms with Gasteiger partial charge in [0.1, 0.15) is 73.8 Å². The van der Waals surface area contributed by atoms with E-state index in [9.17, 15) is 35.7 Å². The molecule has 14 atom stereocenters. The number of fused-ring (bicyclic) bond motifs is 4. The van der Waals surface area contributed by atoms with Gasteiger partial charge in [0.2, 0.25) is 5.79 Å². The molecule has 0 aromatic heterocycles. The zero-order valence-electron chi connectivity index (χ0n) is 16.8. The molecule has 0 unspecified atom stereocenters. The number of aliphatic hydroxyl groups is 7. The van der Waals surface area contributed by atoms with Crippen LogP contribution in [0.1, 0.15) is 0 Å². The van der Waals surface area contributed by atoms with Crippen LogP contribution >= 0.6 is 0 Å². The third kappa shape index (κ3) is 3.59. The molecular formula is C18H28O14. The van der Waals surface area contributed by atoms with Gasteiger partial charge in [0.25, 0.3) is 0 Å². The van der Waals surface area contributed by atoms with Crippen LogP contribution in [0.4, 0.5) is 0 Å². The van der Waals surface area contributed by atoms with Crippen molar-refractivity contribution < 1.29 is 68.9 Å². The molecule has 0 aliphatic carbocycles. The third-order valence-corrected chi connectivity index (χ3v) is 6.64. The Bertz CT molecular complexity index is 682. The standard InChI is InChI=1S/C18H28O14/c19-4-18(15-10(22)7(31-18)3-27-15)32-17-12(24)11(23)8(20)5(30-17)2-28-16-13(25)14-9(21)6(29-16)1-26-14/h5-17,19-25H,1-4H2/t5-,6-,7-,8-,9+,10-,11+,12-,13-,14+,15+,16+,17-,18+/m1/s1. The lowest BCUT2D eigenvalue weighted by Gasteiger charge is -2.45. The Hall–Kier alpha value is -0.560. The van der Waals surface area contributed by atoms with Gasteiger partial charge in [-0.05, 0) is 0 Å². The molecule has 14 nitrogen and oxygen atoms in total. The van der Waals surface area contributed by atoms with E-state index < -0.39 is 92.1 Å². The summed E-state index contributed by atoms with van der Waals surface area (Å²) >= 11 is 0. The number of aliphatic hydroxyl groups excluding tert-OH is 7. The quantitative estimate of drug-likeness (QED) is 0.194. The van der Waals surface area contributed by atoms with Crippen molar-refractivity contribution in [3.8, 4) is 0 Å². The Morgan fingerprint density at radius 3 is 2.16 bits per heavy atom. The second kappa shape index (κ2) is 8.58. The van der Waals surface area contributed by atoms with Gasteiger partial charge in [0.15, 0.2) is 12.6 Å². The number of rotatable bonds is 6. The Labute approximate surface area is 181 Å². The van der Waals surface area contributed by atoms with Gasteiger partial charge in [0, 0.05) is 0 Å². The molecule has 5 fully saturated rings. The predicted octanol–water partition coefficient (Wildman–Crippen LogP) is -5.48. The molecule has 0 radical (unpaired) electrons. The van der Waals surface area contributed by atoms with E-state index in [4.69, 9.17) is 33.2 Å². The molecule has 7 N–H and O–H groups in total. The van der Waals surface area contributed by atoms with Gasteiger partial charge < -0.3 is 68.9 Å². The fourth-order valence-corrected chi connectivity index (χ4v) is 4.78. The summed E-state index contributed by atoms with van der Waals surface area (Å²) < 4.78 is 38.4. The van der Waals surface area contributed by atoms with Crippen molar-refractivity contribution in [2.75, 3.05) is 26.4 Å². The molecule has 5 rings (SSSR count). The van der Waals surface area contributed by atoms with E-state index in [0.29, 0.717) is 0 Å². The van der Waals surface area contributed by atoms with Crippen LogP contribution in [0.5, 0.6) is 0 Å². The largest absolute Gasteiger partial charge is 0.391 e. The third-order valence-electron chi connectivity index (χ3n) is 6.64. The average molecular weight is 468 g/mol. The van der Waals surface area contributed by atoms with E-state index in [1.807, 2.05) is 0 Å². The van der Waals surface area contributed by atoms with E-state index in [1.165, 1.54) is 0 Å². The van der Waals surface area contributed by atoms with Crippen LogP contribution in [0, 0.1) is 0 Å². The van der Waals surface area contributed by atoms with Crippen LogP contribution in [0.3, 0.4) is 0 Å². The molecule has 0 saturated carbocycles. The minimum Gasteiger partial charge on any atom is -0.391 e. The summed E-state index contributed by atoms with van der Waals surface area (Å²) in [5.41, 5.74) is 0. The SMILES string of the molecule is OC[C@@]1(O[C@H]2O[C@H](CO[C@H]3O[C@@H]4CO[C@@H]([C@H]4O)[C@H]3O)[C@@H](O)[C@H](O)[C@H]2O)O[C@@H]2CO[C@H]1[C@@H]2O. The molecule has 184 valence electrons. The van der Waals surface area contributed by atoms with Crippen molar-refractivity contribution in [2.24, 2.45) is 0 Å². The van der Waals surface area contributed by atoms with Crippen molar-refractivity contribution in [3.05, 3.63) is 0 Å². The highest BCUT2D eigenvalue weighted by atomic mass is 16.8. The minimum atomic E-state index is -1.84. The maximum atomic E-state index is 10.3.